The maximum absolute atomic E-state index is 13.7. The highest BCUT2D eigenvalue weighted by Crippen LogP contribution is 2.33. The molecule has 9 heteroatoms. The van der Waals surface area contributed by atoms with E-state index in [1.54, 1.807) is 25.1 Å². The predicted molar refractivity (Wildman–Crippen MR) is 100 cm³/mol. The second-order valence-corrected chi connectivity index (χ2v) is 5.54. The molecule has 2 rings (SSSR count). The van der Waals surface area contributed by atoms with Gasteiger partial charge in [0.1, 0.15) is 5.82 Å². The second-order valence-electron chi connectivity index (χ2n) is 5.54. The Labute approximate surface area is 161 Å². The van der Waals surface area contributed by atoms with E-state index in [9.17, 15) is 13.2 Å². The van der Waals surface area contributed by atoms with Crippen LogP contribution in [0.25, 0.3) is 0 Å². The number of nitrogens with zero attached hydrogens (tertiary/aromatic N) is 2. The molecule has 152 valence electrons. The van der Waals surface area contributed by atoms with E-state index in [2.05, 4.69) is 25.3 Å². The Morgan fingerprint density at radius 3 is 2.68 bits per heavy atom. The Hall–Kier alpha value is -2.97. The Morgan fingerprint density at radius 1 is 1.18 bits per heavy atom. The number of para-hydroxylation sites is 1. The van der Waals surface area contributed by atoms with Gasteiger partial charge in [-0.25, -0.2) is 9.38 Å². The number of hydrogen-bond donors (Lipinski definition) is 2. The van der Waals surface area contributed by atoms with Gasteiger partial charge in [0.05, 0.1) is 25.4 Å². The first-order chi connectivity index (χ1) is 13.5. The van der Waals surface area contributed by atoms with E-state index in [0.717, 1.165) is 0 Å². The van der Waals surface area contributed by atoms with Crippen LogP contribution in [0.2, 0.25) is 0 Å². The van der Waals surface area contributed by atoms with Crippen LogP contribution in [0.1, 0.15) is 25.1 Å². The standard InChI is InChI=1S/C19H23F3N4O2/c1-3-23-19(26-12-15-14(20)8-6-10-24-15)25-11-13-7-5-9-16(27-4-2)17(13)28-18(21)22/h5-10,18H,3-4,11-12H2,1-2H3,(H2,23,25,26). The highest BCUT2D eigenvalue weighted by molar-refractivity contribution is 5.79. The first kappa shape index (κ1) is 21.3. The lowest BCUT2D eigenvalue weighted by Gasteiger charge is -2.15. The minimum Gasteiger partial charge on any atom is -0.490 e. The Morgan fingerprint density at radius 2 is 2.00 bits per heavy atom. The Bertz CT molecular complexity index is 788. The minimum atomic E-state index is -2.98. The molecule has 0 aliphatic carbocycles. The zero-order valence-electron chi connectivity index (χ0n) is 15.7. The monoisotopic (exact) mass is 396 g/mol. The van der Waals surface area contributed by atoms with Crippen molar-refractivity contribution in [2.24, 2.45) is 4.99 Å². The maximum atomic E-state index is 13.7. The SMILES string of the molecule is CCNC(=NCc1cccc(OCC)c1OC(F)F)NCc1ncccc1F. The number of benzene rings is 1. The molecule has 0 saturated carbocycles. The van der Waals surface area contributed by atoms with Crippen LogP contribution in [0.15, 0.2) is 41.5 Å². The number of alkyl halides is 2. The second kappa shape index (κ2) is 11.0. The summed E-state index contributed by atoms with van der Waals surface area (Å²) in [5.74, 6) is 0.138. The third-order valence-electron chi connectivity index (χ3n) is 3.58. The third-order valence-corrected chi connectivity index (χ3v) is 3.58. The highest BCUT2D eigenvalue weighted by Gasteiger charge is 2.15. The van der Waals surface area contributed by atoms with Crippen molar-refractivity contribution in [3.05, 3.63) is 53.6 Å². The fraction of sp³-hybridized carbons (Fsp3) is 0.368. The van der Waals surface area contributed by atoms with Crippen molar-refractivity contribution in [3.8, 4) is 11.5 Å². The van der Waals surface area contributed by atoms with Gasteiger partial charge in [0.25, 0.3) is 0 Å². The van der Waals surface area contributed by atoms with Crippen LogP contribution < -0.4 is 20.1 Å². The van der Waals surface area contributed by atoms with Crippen molar-refractivity contribution in [1.29, 1.82) is 0 Å². The molecule has 6 nitrogen and oxygen atoms in total. The van der Waals surface area contributed by atoms with E-state index in [1.807, 2.05) is 6.92 Å². The molecular weight excluding hydrogens is 373 g/mol. The normalized spacial score (nSPS) is 11.4. The summed E-state index contributed by atoms with van der Waals surface area (Å²) in [6, 6.07) is 7.69. The van der Waals surface area contributed by atoms with Gasteiger partial charge >= 0.3 is 6.61 Å². The lowest BCUT2D eigenvalue weighted by Crippen LogP contribution is -2.37. The zero-order valence-corrected chi connectivity index (χ0v) is 15.7. The molecule has 0 amide bonds. The quantitative estimate of drug-likeness (QED) is 0.502. The van der Waals surface area contributed by atoms with Gasteiger partial charge in [-0.2, -0.15) is 8.78 Å². The summed E-state index contributed by atoms with van der Waals surface area (Å²) >= 11 is 0. The summed E-state index contributed by atoms with van der Waals surface area (Å²) in [5, 5.41) is 5.98. The summed E-state index contributed by atoms with van der Waals surface area (Å²) in [7, 11) is 0. The first-order valence-electron chi connectivity index (χ1n) is 8.86. The van der Waals surface area contributed by atoms with E-state index >= 15 is 0 Å². The molecule has 0 saturated heterocycles. The van der Waals surface area contributed by atoms with E-state index in [1.165, 1.54) is 18.3 Å². The predicted octanol–water partition coefficient (Wildman–Crippen LogP) is 3.48. The summed E-state index contributed by atoms with van der Waals surface area (Å²) in [6.07, 6.45) is 1.50. The number of halogens is 3. The van der Waals surface area contributed by atoms with Crippen molar-refractivity contribution in [1.82, 2.24) is 15.6 Å². The van der Waals surface area contributed by atoms with Crippen LogP contribution in [0.5, 0.6) is 11.5 Å². The van der Waals surface area contributed by atoms with E-state index in [4.69, 9.17) is 4.74 Å². The summed E-state index contributed by atoms with van der Waals surface area (Å²) in [4.78, 5) is 8.33. The van der Waals surface area contributed by atoms with Gasteiger partial charge < -0.3 is 20.1 Å². The molecule has 28 heavy (non-hydrogen) atoms. The lowest BCUT2D eigenvalue weighted by atomic mass is 10.2. The molecule has 0 unspecified atom stereocenters. The van der Waals surface area contributed by atoms with Crippen LogP contribution in [-0.2, 0) is 13.1 Å². The molecule has 1 aromatic heterocycles. The minimum absolute atomic E-state index is 0.0466. The molecule has 0 aliphatic heterocycles. The Balaban J connectivity index is 2.17. The molecule has 2 N–H and O–H groups in total. The number of pyridine rings is 1. The van der Waals surface area contributed by atoms with Crippen molar-refractivity contribution in [3.63, 3.8) is 0 Å². The summed E-state index contributed by atoms with van der Waals surface area (Å²) in [6.45, 7) is 1.70. The molecule has 0 aliphatic rings. The number of hydrogen-bond acceptors (Lipinski definition) is 4. The largest absolute Gasteiger partial charge is 0.490 e. The highest BCUT2D eigenvalue weighted by atomic mass is 19.3. The van der Waals surface area contributed by atoms with Gasteiger partial charge in [-0.15, -0.1) is 0 Å². The van der Waals surface area contributed by atoms with Crippen molar-refractivity contribution in [2.75, 3.05) is 13.2 Å². The fourth-order valence-corrected chi connectivity index (χ4v) is 2.40. The van der Waals surface area contributed by atoms with Gasteiger partial charge in [0.15, 0.2) is 17.5 Å². The van der Waals surface area contributed by atoms with Crippen LogP contribution in [0.3, 0.4) is 0 Å². The fourth-order valence-electron chi connectivity index (χ4n) is 2.40. The maximum Gasteiger partial charge on any atom is 0.387 e. The van der Waals surface area contributed by atoms with E-state index in [0.29, 0.717) is 24.7 Å². The lowest BCUT2D eigenvalue weighted by molar-refractivity contribution is -0.0520. The molecular formula is C19H23F3N4O2. The first-order valence-corrected chi connectivity index (χ1v) is 8.86. The van der Waals surface area contributed by atoms with Crippen LogP contribution in [0.4, 0.5) is 13.2 Å². The molecule has 0 atom stereocenters. The van der Waals surface area contributed by atoms with Gasteiger partial charge in [0.2, 0.25) is 0 Å². The number of rotatable bonds is 9. The number of ether oxygens (including phenoxy) is 2. The van der Waals surface area contributed by atoms with Crippen molar-refractivity contribution < 1.29 is 22.6 Å². The smallest absolute Gasteiger partial charge is 0.387 e. The summed E-state index contributed by atoms with van der Waals surface area (Å²) < 4.78 is 49.3. The van der Waals surface area contributed by atoms with Crippen LogP contribution >= 0.6 is 0 Å². The molecule has 0 radical (unpaired) electrons. The van der Waals surface area contributed by atoms with Crippen LogP contribution in [0, 0.1) is 5.82 Å². The number of nitrogens with one attached hydrogen (secondary N) is 2. The van der Waals surface area contributed by atoms with Gasteiger partial charge in [0, 0.05) is 18.3 Å². The molecule has 1 aromatic carbocycles. The summed E-state index contributed by atoms with van der Waals surface area (Å²) in [5.41, 5.74) is 0.681. The number of aromatic nitrogens is 1. The van der Waals surface area contributed by atoms with Gasteiger partial charge in [-0.05, 0) is 32.0 Å². The topological polar surface area (TPSA) is 67.8 Å². The Kier molecular flexibility index (Phi) is 8.38. The average molecular weight is 396 g/mol. The molecule has 1 heterocycles. The van der Waals surface area contributed by atoms with Gasteiger partial charge in [-0.3, -0.25) is 4.98 Å². The van der Waals surface area contributed by atoms with Crippen LogP contribution in [-0.4, -0.2) is 30.7 Å². The third kappa shape index (κ3) is 6.33. The molecule has 0 fully saturated rings. The molecule has 0 spiro atoms. The molecule has 0 bridgehead atoms. The van der Waals surface area contributed by atoms with Gasteiger partial charge in [-0.1, -0.05) is 12.1 Å². The number of guanidine groups is 1. The van der Waals surface area contributed by atoms with Crippen molar-refractivity contribution >= 4 is 5.96 Å². The van der Waals surface area contributed by atoms with E-state index < -0.39 is 12.4 Å². The number of aliphatic imine (C=N–C) groups is 1. The molecule has 2 aromatic rings. The van der Waals surface area contributed by atoms with Crippen molar-refractivity contribution in [2.45, 2.75) is 33.5 Å². The zero-order chi connectivity index (χ0) is 20.4. The average Bonchev–Trinajstić information content (AvgIpc) is 2.67. The van der Waals surface area contributed by atoms with E-state index in [-0.39, 0.29) is 30.3 Å².